The zero-order valence-electron chi connectivity index (χ0n) is 9.95. The Morgan fingerprint density at radius 3 is 2.62 bits per heavy atom. The van der Waals surface area contributed by atoms with Crippen LogP contribution in [0.5, 0.6) is 0 Å². The SMILES string of the molecule is CC(CCN)c1ccccc1C1(CO)CC1. The van der Waals surface area contributed by atoms with Crippen molar-refractivity contribution in [3.05, 3.63) is 35.4 Å². The molecule has 16 heavy (non-hydrogen) atoms. The summed E-state index contributed by atoms with van der Waals surface area (Å²) in [5.41, 5.74) is 8.41. The van der Waals surface area contributed by atoms with Crippen LogP contribution in [0.15, 0.2) is 24.3 Å². The summed E-state index contributed by atoms with van der Waals surface area (Å²) in [7, 11) is 0. The zero-order valence-corrected chi connectivity index (χ0v) is 9.95. The van der Waals surface area contributed by atoms with Crippen LogP contribution in [0.25, 0.3) is 0 Å². The van der Waals surface area contributed by atoms with Crippen LogP contribution < -0.4 is 5.73 Å². The third kappa shape index (κ3) is 2.00. The minimum Gasteiger partial charge on any atom is -0.395 e. The monoisotopic (exact) mass is 219 g/mol. The molecule has 0 heterocycles. The zero-order chi connectivity index (χ0) is 11.6. The second-order valence-electron chi connectivity index (χ2n) is 5.00. The molecule has 3 N–H and O–H groups in total. The summed E-state index contributed by atoms with van der Waals surface area (Å²) in [5, 5.41) is 9.52. The molecule has 0 aromatic heterocycles. The van der Waals surface area contributed by atoms with Crippen LogP contribution in [-0.2, 0) is 5.41 Å². The number of hydrogen-bond donors (Lipinski definition) is 2. The predicted molar refractivity (Wildman–Crippen MR) is 66.5 cm³/mol. The van der Waals surface area contributed by atoms with E-state index in [1.54, 1.807) is 0 Å². The fourth-order valence-electron chi connectivity index (χ4n) is 2.48. The van der Waals surface area contributed by atoms with Gasteiger partial charge in [0.1, 0.15) is 0 Å². The molecule has 1 saturated carbocycles. The Balaban J connectivity index is 2.31. The molecule has 0 amide bonds. The molecule has 1 aliphatic carbocycles. The molecule has 1 atom stereocenters. The van der Waals surface area contributed by atoms with Crippen LogP contribution in [-0.4, -0.2) is 18.3 Å². The molecule has 0 bridgehead atoms. The summed E-state index contributed by atoms with van der Waals surface area (Å²) in [5.74, 6) is 0.491. The van der Waals surface area contributed by atoms with Crippen LogP contribution in [0.4, 0.5) is 0 Å². The van der Waals surface area contributed by atoms with Crippen molar-refractivity contribution in [3.63, 3.8) is 0 Å². The van der Waals surface area contributed by atoms with Crippen molar-refractivity contribution >= 4 is 0 Å². The molecule has 1 unspecified atom stereocenters. The molecule has 88 valence electrons. The molecule has 1 aliphatic rings. The first-order chi connectivity index (χ1) is 7.73. The topological polar surface area (TPSA) is 46.2 Å². The average molecular weight is 219 g/mol. The van der Waals surface area contributed by atoms with Gasteiger partial charge in [0.2, 0.25) is 0 Å². The van der Waals surface area contributed by atoms with Gasteiger partial charge < -0.3 is 10.8 Å². The molecule has 1 aromatic carbocycles. The number of nitrogens with two attached hydrogens (primary N) is 1. The Kier molecular flexibility index (Phi) is 3.31. The molecule has 2 heteroatoms. The van der Waals surface area contributed by atoms with Crippen molar-refractivity contribution < 1.29 is 5.11 Å². The fraction of sp³-hybridized carbons (Fsp3) is 0.571. The lowest BCUT2D eigenvalue weighted by Gasteiger charge is -2.21. The van der Waals surface area contributed by atoms with E-state index in [1.807, 2.05) is 0 Å². The van der Waals surface area contributed by atoms with Crippen molar-refractivity contribution in [2.75, 3.05) is 13.2 Å². The van der Waals surface area contributed by atoms with Gasteiger partial charge in [0.15, 0.2) is 0 Å². The second kappa shape index (κ2) is 4.56. The van der Waals surface area contributed by atoms with E-state index >= 15 is 0 Å². The number of benzene rings is 1. The highest BCUT2D eigenvalue weighted by Gasteiger charge is 2.45. The van der Waals surface area contributed by atoms with Gasteiger partial charge in [-0.05, 0) is 42.9 Å². The van der Waals surface area contributed by atoms with Gasteiger partial charge in [-0.15, -0.1) is 0 Å². The van der Waals surface area contributed by atoms with Gasteiger partial charge in [0, 0.05) is 5.41 Å². The van der Waals surface area contributed by atoms with Crippen LogP contribution in [0, 0.1) is 0 Å². The van der Waals surface area contributed by atoms with Crippen molar-refractivity contribution in [1.29, 1.82) is 0 Å². The van der Waals surface area contributed by atoms with Gasteiger partial charge in [0.25, 0.3) is 0 Å². The van der Waals surface area contributed by atoms with Gasteiger partial charge in [-0.1, -0.05) is 31.2 Å². The fourth-order valence-corrected chi connectivity index (χ4v) is 2.48. The lowest BCUT2D eigenvalue weighted by Crippen LogP contribution is -2.16. The van der Waals surface area contributed by atoms with Gasteiger partial charge >= 0.3 is 0 Å². The van der Waals surface area contributed by atoms with Gasteiger partial charge in [-0.2, -0.15) is 0 Å². The maximum Gasteiger partial charge on any atom is 0.0528 e. The van der Waals surface area contributed by atoms with Crippen LogP contribution in [0.2, 0.25) is 0 Å². The first-order valence-corrected chi connectivity index (χ1v) is 6.14. The van der Waals surface area contributed by atoms with E-state index in [2.05, 4.69) is 31.2 Å². The van der Waals surface area contributed by atoms with E-state index in [4.69, 9.17) is 5.73 Å². The van der Waals surface area contributed by atoms with E-state index < -0.39 is 0 Å². The summed E-state index contributed by atoms with van der Waals surface area (Å²) >= 11 is 0. The van der Waals surface area contributed by atoms with Gasteiger partial charge in [-0.25, -0.2) is 0 Å². The van der Waals surface area contributed by atoms with E-state index in [1.165, 1.54) is 11.1 Å². The molecule has 2 nitrogen and oxygen atoms in total. The predicted octanol–water partition coefficient (Wildman–Crippen LogP) is 2.16. The third-order valence-electron chi connectivity index (χ3n) is 3.82. The van der Waals surface area contributed by atoms with Crippen molar-refractivity contribution in [3.8, 4) is 0 Å². The smallest absolute Gasteiger partial charge is 0.0528 e. The quantitative estimate of drug-likeness (QED) is 0.797. The molecular formula is C14H21NO. The minimum atomic E-state index is 0.0689. The maximum absolute atomic E-state index is 9.52. The highest BCUT2D eigenvalue weighted by Crippen LogP contribution is 2.50. The van der Waals surface area contributed by atoms with E-state index in [0.29, 0.717) is 5.92 Å². The summed E-state index contributed by atoms with van der Waals surface area (Å²) in [4.78, 5) is 0. The van der Waals surface area contributed by atoms with Gasteiger partial charge in [0.05, 0.1) is 6.61 Å². The summed E-state index contributed by atoms with van der Waals surface area (Å²) in [6.07, 6.45) is 3.25. The van der Waals surface area contributed by atoms with Crippen LogP contribution in [0.1, 0.15) is 43.2 Å². The first-order valence-electron chi connectivity index (χ1n) is 6.14. The Morgan fingerprint density at radius 1 is 1.38 bits per heavy atom. The third-order valence-corrected chi connectivity index (χ3v) is 3.82. The molecule has 1 fully saturated rings. The Labute approximate surface area is 97.5 Å². The van der Waals surface area contributed by atoms with Crippen LogP contribution >= 0.6 is 0 Å². The molecular weight excluding hydrogens is 198 g/mol. The Hall–Kier alpha value is -0.860. The Bertz CT molecular complexity index is 358. The first kappa shape index (κ1) is 11.6. The molecule has 0 radical (unpaired) electrons. The number of hydrogen-bond acceptors (Lipinski definition) is 2. The van der Waals surface area contributed by atoms with Crippen molar-refractivity contribution in [2.45, 2.75) is 37.5 Å². The Morgan fingerprint density at radius 2 is 2.06 bits per heavy atom. The molecule has 0 saturated heterocycles. The largest absolute Gasteiger partial charge is 0.395 e. The summed E-state index contributed by atoms with van der Waals surface area (Å²) in [6.45, 7) is 3.22. The maximum atomic E-state index is 9.52. The van der Waals surface area contributed by atoms with Crippen LogP contribution in [0.3, 0.4) is 0 Å². The standard InChI is InChI=1S/C14H21NO/c1-11(6-9-15)12-4-2-3-5-13(12)14(10-16)7-8-14/h2-5,11,16H,6-10,15H2,1H3. The normalized spacial score (nSPS) is 19.4. The molecule has 0 aliphatic heterocycles. The lowest BCUT2D eigenvalue weighted by molar-refractivity contribution is 0.254. The number of rotatable bonds is 5. The van der Waals surface area contributed by atoms with Gasteiger partial charge in [-0.3, -0.25) is 0 Å². The van der Waals surface area contributed by atoms with Crippen molar-refractivity contribution in [1.82, 2.24) is 0 Å². The van der Waals surface area contributed by atoms with E-state index in [0.717, 1.165) is 25.8 Å². The molecule has 0 spiro atoms. The summed E-state index contributed by atoms with van der Waals surface area (Å²) < 4.78 is 0. The number of aliphatic hydroxyl groups is 1. The highest BCUT2D eigenvalue weighted by atomic mass is 16.3. The van der Waals surface area contributed by atoms with E-state index in [9.17, 15) is 5.11 Å². The summed E-state index contributed by atoms with van der Waals surface area (Å²) in [6, 6.07) is 8.51. The van der Waals surface area contributed by atoms with Crippen molar-refractivity contribution in [2.24, 2.45) is 5.73 Å². The number of aliphatic hydroxyl groups excluding tert-OH is 1. The second-order valence-corrected chi connectivity index (χ2v) is 5.00. The minimum absolute atomic E-state index is 0.0689. The van der Waals surface area contributed by atoms with E-state index in [-0.39, 0.29) is 12.0 Å². The average Bonchev–Trinajstić information content (AvgIpc) is 3.10. The molecule has 2 rings (SSSR count). The lowest BCUT2D eigenvalue weighted by atomic mass is 9.85. The molecule has 1 aromatic rings. The highest BCUT2D eigenvalue weighted by molar-refractivity contribution is 5.40.